The quantitative estimate of drug-likeness (QED) is 0.628. The number of hydrogen-bond acceptors (Lipinski definition) is 4. The number of nitrogens with one attached hydrogen (secondary N) is 1. The molecule has 1 saturated heterocycles. The molecule has 0 aliphatic carbocycles. The normalized spacial score (nSPS) is 23.6. The van der Waals surface area contributed by atoms with Gasteiger partial charge in [0.2, 0.25) is 0 Å². The highest BCUT2D eigenvalue weighted by Crippen LogP contribution is 2.11. The van der Waals surface area contributed by atoms with Crippen LogP contribution in [-0.2, 0) is 14.3 Å². The molecule has 0 radical (unpaired) electrons. The van der Waals surface area contributed by atoms with Gasteiger partial charge in [0, 0.05) is 6.61 Å². The highest BCUT2D eigenvalue weighted by molar-refractivity contribution is 5.73. The minimum absolute atomic E-state index is 0.154. The Bertz CT molecular complexity index is 180. The molecule has 2 N–H and O–H groups in total. The van der Waals surface area contributed by atoms with Gasteiger partial charge >= 0.3 is 5.97 Å². The molecular formula is C9H17NO4. The first-order valence-corrected chi connectivity index (χ1v) is 4.83. The number of carboxylic acids is 1. The molecule has 5 heteroatoms. The van der Waals surface area contributed by atoms with Crippen molar-refractivity contribution in [2.75, 3.05) is 26.9 Å². The molecule has 0 saturated carbocycles. The molecule has 5 nitrogen and oxygen atoms in total. The minimum Gasteiger partial charge on any atom is -0.480 e. The second-order valence-electron chi connectivity index (χ2n) is 3.35. The highest BCUT2D eigenvalue weighted by Gasteiger charge is 2.18. The maximum absolute atomic E-state index is 10.6. The van der Waals surface area contributed by atoms with E-state index >= 15 is 0 Å². The maximum atomic E-state index is 10.6. The van der Waals surface area contributed by atoms with Crippen molar-refractivity contribution in [2.24, 2.45) is 0 Å². The van der Waals surface area contributed by atoms with Crippen molar-refractivity contribution in [3.63, 3.8) is 0 Å². The molecule has 0 aromatic rings. The van der Waals surface area contributed by atoms with E-state index in [1.807, 2.05) is 0 Å². The average molecular weight is 203 g/mol. The number of carbonyl (C=O) groups is 1. The predicted molar refractivity (Wildman–Crippen MR) is 50.3 cm³/mol. The summed E-state index contributed by atoms with van der Waals surface area (Å²) in [5.74, 6) is -0.889. The number of ether oxygens (including phenoxy) is 2. The van der Waals surface area contributed by atoms with Gasteiger partial charge in [-0.3, -0.25) is 4.79 Å². The van der Waals surface area contributed by atoms with Crippen LogP contribution in [0.4, 0.5) is 0 Å². The summed E-state index contributed by atoms with van der Waals surface area (Å²) in [4.78, 5) is 10.6. The molecule has 0 bridgehead atoms. The zero-order valence-corrected chi connectivity index (χ0v) is 8.36. The van der Waals surface area contributed by atoms with Gasteiger partial charge in [-0.1, -0.05) is 0 Å². The summed E-state index contributed by atoms with van der Waals surface area (Å²) in [5.41, 5.74) is 0. The third-order valence-electron chi connectivity index (χ3n) is 2.26. The van der Waals surface area contributed by atoms with Crippen LogP contribution in [0.15, 0.2) is 0 Å². The van der Waals surface area contributed by atoms with Gasteiger partial charge in [-0.15, -0.1) is 0 Å². The predicted octanol–water partition coefficient (Wildman–Crippen LogP) is -0.145. The van der Waals surface area contributed by atoms with Gasteiger partial charge < -0.3 is 19.9 Å². The Balaban J connectivity index is 2.09. The zero-order valence-electron chi connectivity index (χ0n) is 8.36. The number of aliphatic carboxylic acids is 1. The maximum Gasteiger partial charge on any atom is 0.323 e. The lowest BCUT2D eigenvalue weighted by Crippen LogP contribution is -2.38. The molecular weight excluding hydrogens is 186 g/mol. The molecule has 14 heavy (non-hydrogen) atoms. The van der Waals surface area contributed by atoms with E-state index in [4.69, 9.17) is 14.6 Å². The van der Waals surface area contributed by atoms with Crippen LogP contribution in [0.3, 0.4) is 0 Å². The monoisotopic (exact) mass is 203 g/mol. The summed E-state index contributed by atoms with van der Waals surface area (Å²) in [6, 6.07) is -0.628. The van der Waals surface area contributed by atoms with Gasteiger partial charge in [-0.05, 0) is 19.9 Å². The van der Waals surface area contributed by atoms with Crippen molar-refractivity contribution in [3.8, 4) is 0 Å². The van der Waals surface area contributed by atoms with Gasteiger partial charge in [0.1, 0.15) is 6.04 Å². The van der Waals surface area contributed by atoms with Crippen molar-refractivity contribution < 1.29 is 19.4 Å². The van der Waals surface area contributed by atoms with Crippen LogP contribution in [0.5, 0.6) is 0 Å². The van der Waals surface area contributed by atoms with E-state index < -0.39 is 12.0 Å². The van der Waals surface area contributed by atoms with Crippen LogP contribution in [0, 0.1) is 0 Å². The molecule has 1 aliphatic heterocycles. The fourth-order valence-corrected chi connectivity index (χ4v) is 1.37. The summed E-state index contributed by atoms with van der Waals surface area (Å²) in [5, 5.41) is 11.4. The second kappa shape index (κ2) is 5.95. The summed E-state index contributed by atoms with van der Waals surface area (Å²) < 4.78 is 10.6. The third kappa shape index (κ3) is 3.61. The standard InChI is InChI=1S/C9H17NO4/c1-10-8(9(11)12)6-13-5-7-3-2-4-14-7/h7-8,10H,2-6H2,1H3,(H,11,12). The fourth-order valence-electron chi connectivity index (χ4n) is 1.37. The summed E-state index contributed by atoms with van der Waals surface area (Å²) in [7, 11) is 1.61. The zero-order chi connectivity index (χ0) is 10.4. The lowest BCUT2D eigenvalue weighted by Gasteiger charge is -2.14. The lowest BCUT2D eigenvalue weighted by molar-refractivity contribution is -0.141. The van der Waals surface area contributed by atoms with Crippen molar-refractivity contribution in [1.82, 2.24) is 5.32 Å². The Morgan fingerprint density at radius 1 is 1.79 bits per heavy atom. The molecule has 2 atom stereocenters. The first-order chi connectivity index (χ1) is 6.74. The highest BCUT2D eigenvalue weighted by atomic mass is 16.5. The van der Waals surface area contributed by atoms with E-state index in [0.717, 1.165) is 19.4 Å². The van der Waals surface area contributed by atoms with Gasteiger partial charge in [0.15, 0.2) is 0 Å². The molecule has 1 fully saturated rings. The molecule has 0 amide bonds. The van der Waals surface area contributed by atoms with Crippen LogP contribution < -0.4 is 5.32 Å². The van der Waals surface area contributed by atoms with Crippen molar-refractivity contribution in [1.29, 1.82) is 0 Å². The number of rotatable bonds is 6. The number of carboxylic acid groups (broad SMARTS) is 1. The van der Waals surface area contributed by atoms with Crippen LogP contribution in [0.1, 0.15) is 12.8 Å². The van der Waals surface area contributed by atoms with Gasteiger partial charge in [0.25, 0.3) is 0 Å². The molecule has 0 spiro atoms. The topological polar surface area (TPSA) is 67.8 Å². The van der Waals surface area contributed by atoms with Crippen molar-refractivity contribution in [2.45, 2.75) is 25.0 Å². The van der Waals surface area contributed by atoms with E-state index in [9.17, 15) is 4.79 Å². The number of hydrogen-bond donors (Lipinski definition) is 2. The van der Waals surface area contributed by atoms with E-state index in [1.165, 1.54) is 0 Å². The molecule has 1 heterocycles. The van der Waals surface area contributed by atoms with Crippen molar-refractivity contribution in [3.05, 3.63) is 0 Å². The molecule has 82 valence electrons. The molecule has 1 aliphatic rings. The Hall–Kier alpha value is -0.650. The van der Waals surface area contributed by atoms with Gasteiger partial charge in [-0.2, -0.15) is 0 Å². The molecule has 0 aromatic carbocycles. The summed E-state index contributed by atoms with van der Waals surface area (Å²) in [6.45, 7) is 1.47. The summed E-state index contributed by atoms with van der Waals surface area (Å²) in [6.07, 6.45) is 2.24. The van der Waals surface area contributed by atoms with Gasteiger partial charge in [0.05, 0.1) is 19.3 Å². The minimum atomic E-state index is -0.889. The van der Waals surface area contributed by atoms with Crippen molar-refractivity contribution >= 4 is 5.97 Å². The third-order valence-corrected chi connectivity index (χ3v) is 2.26. The van der Waals surface area contributed by atoms with Crippen LogP contribution in [0.25, 0.3) is 0 Å². The van der Waals surface area contributed by atoms with Gasteiger partial charge in [-0.25, -0.2) is 0 Å². The van der Waals surface area contributed by atoms with E-state index in [1.54, 1.807) is 7.05 Å². The van der Waals surface area contributed by atoms with Crippen LogP contribution in [-0.4, -0.2) is 50.1 Å². The average Bonchev–Trinajstić information content (AvgIpc) is 2.64. The number of likely N-dealkylation sites (N-methyl/N-ethyl adjacent to an activating group) is 1. The van der Waals surface area contributed by atoms with E-state index in [0.29, 0.717) is 6.61 Å². The smallest absolute Gasteiger partial charge is 0.323 e. The van der Waals surface area contributed by atoms with Crippen LogP contribution in [0.2, 0.25) is 0 Å². The van der Waals surface area contributed by atoms with E-state index in [2.05, 4.69) is 5.32 Å². The largest absolute Gasteiger partial charge is 0.480 e. The second-order valence-corrected chi connectivity index (χ2v) is 3.35. The summed E-state index contributed by atoms with van der Waals surface area (Å²) >= 11 is 0. The SMILES string of the molecule is CNC(COCC1CCCO1)C(=O)O. The molecule has 1 rings (SSSR count). The first-order valence-electron chi connectivity index (χ1n) is 4.83. The molecule has 0 aromatic heterocycles. The Morgan fingerprint density at radius 3 is 3.07 bits per heavy atom. The molecule has 2 unspecified atom stereocenters. The Labute approximate surface area is 83.4 Å². The Kier molecular flexibility index (Phi) is 4.86. The lowest BCUT2D eigenvalue weighted by atomic mass is 10.2. The Morgan fingerprint density at radius 2 is 2.57 bits per heavy atom. The first kappa shape index (κ1) is 11.4. The van der Waals surface area contributed by atoms with E-state index in [-0.39, 0.29) is 12.7 Å². The van der Waals surface area contributed by atoms with Crippen LogP contribution >= 0.6 is 0 Å². The fraction of sp³-hybridized carbons (Fsp3) is 0.889.